The minimum absolute atomic E-state index is 0.0686. The third kappa shape index (κ3) is 3.89. The second-order valence-electron chi connectivity index (χ2n) is 3.50. The number of ether oxygens (including phenoxy) is 1. The Bertz CT molecular complexity index is 440. The van der Waals surface area contributed by atoms with Crippen LogP contribution in [0.4, 0.5) is 5.69 Å². The van der Waals surface area contributed by atoms with Crippen molar-refractivity contribution in [2.24, 2.45) is 5.29 Å². The Morgan fingerprint density at radius 3 is 2.83 bits per heavy atom. The summed E-state index contributed by atoms with van der Waals surface area (Å²) >= 11 is 5.86. The molecule has 0 aliphatic rings. The lowest BCUT2D eigenvalue weighted by atomic mass is 10.2. The molecule has 0 bridgehead atoms. The van der Waals surface area contributed by atoms with Gasteiger partial charge in [0.25, 0.3) is 0 Å². The summed E-state index contributed by atoms with van der Waals surface area (Å²) < 4.78 is 4.98. The quantitative estimate of drug-likeness (QED) is 0.371. The first kappa shape index (κ1) is 14.2. The van der Waals surface area contributed by atoms with E-state index in [1.807, 2.05) is 0 Å². The summed E-state index contributed by atoms with van der Waals surface area (Å²) in [5.74, 6) is -0.554. The number of nitrogens with two attached hydrogens (primary N) is 1. The Labute approximate surface area is 110 Å². The highest BCUT2D eigenvalue weighted by Gasteiger charge is 2.12. The van der Waals surface area contributed by atoms with E-state index in [0.29, 0.717) is 12.2 Å². The molecule has 0 unspecified atom stereocenters. The van der Waals surface area contributed by atoms with Crippen molar-refractivity contribution in [3.05, 3.63) is 33.7 Å². The highest BCUT2D eigenvalue weighted by Crippen LogP contribution is 2.19. The maximum absolute atomic E-state index is 11.7. The molecule has 0 aliphatic heterocycles. The molecule has 0 aliphatic carbocycles. The van der Waals surface area contributed by atoms with Gasteiger partial charge in [-0.2, -0.15) is 0 Å². The van der Waals surface area contributed by atoms with Gasteiger partial charge in [0.05, 0.1) is 22.4 Å². The second kappa shape index (κ2) is 6.80. The molecular formula is C11H14ClN3O3. The maximum atomic E-state index is 11.7. The summed E-state index contributed by atoms with van der Waals surface area (Å²) in [5, 5.41) is 4.24. The fraction of sp³-hybridized carbons (Fsp3) is 0.364. The molecule has 0 fully saturated rings. The summed E-state index contributed by atoms with van der Waals surface area (Å²) in [6.07, 6.45) is 0. The van der Waals surface area contributed by atoms with Crippen LogP contribution >= 0.6 is 11.6 Å². The Kier molecular flexibility index (Phi) is 5.38. The summed E-state index contributed by atoms with van der Waals surface area (Å²) in [7, 11) is 0. The van der Waals surface area contributed by atoms with Gasteiger partial charge in [-0.15, -0.1) is 4.91 Å². The molecule has 1 rings (SSSR count). The van der Waals surface area contributed by atoms with Gasteiger partial charge in [0.15, 0.2) is 0 Å². The van der Waals surface area contributed by atoms with Crippen LogP contribution in [-0.2, 0) is 4.74 Å². The van der Waals surface area contributed by atoms with E-state index in [9.17, 15) is 9.70 Å². The number of hydrogen-bond donors (Lipinski definition) is 1. The molecule has 18 heavy (non-hydrogen) atoms. The van der Waals surface area contributed by atoms with Crippen molar-refractivity contribution < 1.29 is 9.53 Å². The number of likely N-dealkylation sites (N-methyl/N-ethyl adjacent to an activating group) is 1. The first-order chi connectivity index (χ1) is 8.58. The van der Waals surface area contributed by atoms with Gasteiger partial charge in [-0.1, -0.05) is 11.6 Å². The average molecular weight is 272 g/mol. The Morgan fingerprint density at radius 1 is 1.56 bits per heavy atom. The molecule has 0 atom stereocenters. The number of hydrogen-bond acceptors (Lipinski definition) is 5. The van der Waals surface area contributed by atoms with E-state index in [-0.39, 0.29) is 23.7 Å². The lowest BCUT2D eigenvalue weighted by molar-refractivity contribution is 0.0465. The summed E-state index contributed by atoms with van der Waals surface area (Å²) in [4.78, 5) is 21.9. The smallest absolute Gasteiger partial charge is 0.339 e. The fourth-order valence-corrected chi connectivity index (χ4v) is 1.54. The number of carbonyl (C=O) groups is 1. The summed E-state index contributed by atoms with van der Waals surface area (Å²) in [6, 6.07) is 4.53. The van der Waals surface area contributed by atoms with Crippen LogP contribution in [0, 0.1) is 4.91 Å². The van der Waals surface area contributed by atoms with E-state index in [2.05, 4.69) is 5.29 Å². The largest absolute Gasteiger partial charge is 0.460 e. The number of nitroso groups, excluding NO2 is 1. The summed E-state index contributed by atoms with van der Waals surface area (Å²) in [5.41, 5.74) is 6.23. The number of carbonyl (C=O) groups excluding carboxylic acids is 1. The number of esters is 1. The van der Waals surface area contributed by atoms with Crippen LogP contribution in [0.5, 0.6) is 0 Å². The van der Waals surface area contributed by atoms with Crippen LogP contribution in [0.15, 0.2) is 23.5 Å². The third-order valence-corrected chi connectivity index (χ3v) is 2.59. The van der Waals surface area contributed by atoms with Gasteiger partial charge >= 0.3 is 5.97 Å². The number of nitrogen functional groups attached to an aromatic ring is 1. The molecule has 0 aromatic heterocycles. The van der Waals surface area contributed by atoms with Gasteiger partial charge in [-0.05, 0) is 25.1 Å². The predicted molar refractivity (Wildman–Crippen MR) is 69.2 cm³/mol. The van der Waals surface area contributed by atoms with E-state index in [1.54, 1.807) is 13.0 Å². The van der Waals surface area contributed by atoms with Crippen LogP contribution < -0.4 is 5.73 Å². The lowest BCUT2D eigenvalue weighted by Gasteiger charge is -2.12. The molecule has 0 heterocycles. The van der Waals surface area contributed by atoms with Gasteiger partial charge in [0.2, 0.25) is 0 Å². The van der Waals surface area contributed by atoms with E-state index >= 15 is 0 Å². The zero-order chi connectivity index (χ0) is 13.5. The third-order valence-electron chi connectivity index (χ3n) is 2.28. The van der Waals surface area contributed by atoms with E-state index < -0.39 is 5.97 Å². The van der Waals surface area contributed by atoms with E-state index in [4.69, 9.17) is 22.1 Å². The van der Waals surface area contributed by atoms with Crippen molar-refractivity contribution in [3.63, 3.8) is 0 Å². The highest BCUT2D eigenvalue weighted by atomic mass is 35.5. The molecule has 98 valence electrons. The SMILES string of the molecule is CCN(CCOC(=O)c1ccc(N)cc1Cl)N=O. The maximum Gasteiger partial charge on any atom is 0.339 e. The van der Waals surface area contributed by atoms with E-state index in [1.165, 1.54) is 17.1 Å². The Hall–Kier alpha value is -1.82. The van der Waals surface area contributed by atoms with Gasteiger partial charge in [0, 0.05) is 12.2 Å². The molecule has 0 saturated carbocycles. The van der Waals surface area contributed by atoms with Gasteiger partial charge in [-0.3, -0.25) is 5.01 Å². The number of nitrogens with zero attached hydrogens (tertiary/aromatic N) is 2. The van der Waals surface area contributed by atoms with Crippen molar-refractivity contribution >= 4 is 23.3 Å². The number of halogens is 1. The molecule has 0 radical (unpaired) electrons. The zero-order valence-corrected chi connectivity index (χ0v) is 10.7. The van der Waals surface area contributed by atoms with Crippen molar-refractivity contribution in [3.8, 4) is 0 Å². The van der Waals surface area contributed by atoms with Crippen LogP contribution in [0.1, 0.15) is 17.3 Å². The molecule has 6 nitrogen and oxygen atoms in total. The first-order valence-corrected chi connectivity index (χ1v) is 5.76. The second-order valence-corrected chi connectivity index (χ2v) is 3.91. The van der Waals surface area contributed by atoms with Crippen molar-refractivity contribution in [1.29, 1.82) is 0 Å². The van der Waals surface area contributed by atoms with Crippen molar-refractivity contribution in [1.82, 2.24) is 5.01 Å². The predicted octanol–water partition coefficient (Wildman–Crippen LogP) is 2.08. The fourth-order valence-electron chi connectivity index (χ4n) is 1.28. The van der Waals surface area contributed by atoms with Crippen molar-refractivity contribution in [2.45, 2.75) is 6.92 Å². The van der Waals surface area contributed by atoms with Gasteiger partial charge in [0.1, 0.15) is 6.61 Å². The Balaban J connectivity index is 2.53. The van der Waals surface area contributed by atoms with E-state index in [0.717, 1.165) is 0 Å². The number of anilines is 1. The molecule has 0 saturated heterocycles. The highest BCUT2D eigenvalue weighted by molar-refractivity contribution is 6.33. The molecule has 2 N–H and O–H groups in total. The Morgan fingerprint density at radius 2 is 2.28 bits per heavy atom. The number of benzene rings is 1. The van der Waals surface area contributed by atoms with Crippen LogP contribution in [0.3, 0.4) is 0 Å². The molecule has 7 heteroatoms. The molecule has 1 aromatic rings. The minimum Gasteiger partial charge on any atom is -0.460 e. The van der Waals surface area contributed by atoms with Gasteiger partial charge in [-0.25, -0.2) is 4.79 Å². The molecule has 1 aromatic carbocycles. The molecular weight excluding hydrogens is 258 g/mol. The standard InChI is InChI=1S/C11H14ClN3O3/c1-2-15(14-17)5-6-18-11(16)9-4-3-8(13)7-10(9)12/h3-4,7H,2,5-6,13H2,1H3. The normalized spacial score (nSPS) is 9.89. The summed E-state index contributed by atoms with van der Waals surface area (Å²) in [6.45, 7) is 2.56. The number of rotatable bonds is 6. The van der Waals surface area contributed by atoms with Crippen molar-refractivity contribution in [2.75, 3.05) is 25.4 Å². The van der Waals surface area contributed by atoms with Gasteiger partial charge < -0.3 is 10.5 Å². The lowest BCUT2D eigenvalue weighted by Crippen LogP contribution is -2.22. The van der Waals surface area contributed by atoms with Crippen LogP contribution in [-0.4, -0.2) is 30.7 Å². The van der Waals surface area contributed by atoms with Crippen LogP contribution in [0.25, 0.3) is 0 Å². The average Bonchev–Trinajstić information content (AvgIpc) is 2.34. The molecule has 0 spiro atoms. The zero-order valence-electron chi connectivity index (χ0n) is 9.93. The van der Waals surface area contributed by atoms with Crippen LogP contribution in [0.2, 0.25) is 5.02 Å². The monoisotopic (exact) mass is 271 g/mol. The first-order valence-electron chi connectivity index (χ1n) is 5.38. The minimum atomic E-state index is -0.554. The molecule has 0 amide bonds. The topological polar surface area (TPSA) is 85.0 Å².